The molecule has 0 fully saturated rings. The molecule has 0 saturated heterocycles. The lowest BCUT2D eigenvalue weighted by molar-refractivity contribution is -0.154. The molecule has 0 bridgehead atoms. The molecule has 0 radical (unpaired) electrons. The molecule has 1 aromatic heterocycles. The van der Waals surface area contributed by atoms with Gasteiger partial charge < -0.3 is 15.4 Å². The van der Waals surface area contributed by atoms with Crippen molar-refractivity contribution in [1.82, 2.24) is 4.98 Å². The van der Waals surface area contributed by atoms with Crippen LogP contribution >= 0.6 is 0 Å². The Morgan fingerprint density at radius 3 is 2.46 bits per heavy atom. The average molecular weight is 371 g/mol. The molecule has 10 heteroatoms. The van der Waals surface area contributed by atoms with Gasteiger partial charge in [0, 0.05) is 24.9 Å². The Bertz CT molecular complexity index is 807. The maximum atomic E-state index is 13.6. The second kappa shape index (κ2) is 7.81. The summed E-state index contributed by atoms with van der Waals surface area (Å²) in [5, 5.41) is 4.73. The highest BCUT2D eigenvalue weighted by Crippen LogP contribution is 2.21. The van der Waals surface area contributed by atoms with E-state index >= 15 is 0 Å². The summed E-state index contributed by atoms with van der Waals surface area (Å²) in [6.45, 7) is -0.286. The van der Waals surface area contributed by atoms with Crippen LogP contribution < -0.4 is 15.4 Å². The SMILES string of the molecule is CC(=O)Nc1cc(NC(=O)c2ccc(OCC(F)(F)F)nc2)ccc1F. The summed E-state index contributed by atoms with van der Waals surface area (Å²) >= 11 is 0. The molecule has 6 nitrogen and oxygen atoms in total. The molecular formula is C16H13F4N3O3. The number of nitrogens with zero attached hydrogens (tertiary/aromatic N) is 1. The van der Waals surface area contributed by atoms with E-state index < -0.39 is 30.4 Å². The van der Waals surface area contributed by atoms with Crippen molar-refractivity contribution in [1.29, 1.82) is 0 Å². The number of alkyl halides is 3. The third-order valence-electron chi connectivity index (χ3n) is 2.92. The van der Waals surface area contributed by atoms with Crippen LogP contribution in [-0.2, 0) is 4.79 Å². The lowest BCUT2D eigenvalue weighted by Gasteiger charge is -2.10. The van der Waals surface area contributed by atoms with Crippen LogP contribution in [0.5, 0.6) is 5.88 Å². The summed E-state index contributed by atoms with van der Waals surface area (Å²) in [5.41, 5.74) is 0.150. The van der Waals surface area contributed by atoms with Crippen LogP contribution in [0.15, 0.2) is 36.5 Å². The fourth-order valence-corrected chi connectivity index (χ4v) is 1.85. The molecule has 0 saturated carbocycles. The van der Waals surface area contributed by atoms with Crippen LogP contribution in [0.3, 0.4) is 0 Å². The Balaban J connectivity index is 2.04. The largest absolute Gasteiger partial charge is 0.468 e. The van der Waals surface area contributed by atoms with Crippen molar-refractivity contribution in [2.75, 3.05) is 17.2 Å². The van der Waals surface area contributed by atoms with Gasteiger partial charge in [0.15, 0.2) is 6.61 Å². The number of rotatable bonds is 5. The Hall–Kier alpha value is -3.17. The van der Waals surface area contributed by atoms with Crippen LogP contribution in [0.1, 0.15) is 17.3 Å². The molecule has 2 N–H and O–H groups in total. The van der Waals surface area contributed by atoms with Crippen LogP contribution in [0.25, 0.3) is 0 Å². The number of hydrogen-bond acceptors (Lipinski definition) is 4. The summed E-state index contributed by atoms with van der Waals surface area (Å²) in [6.07, 6.45) is -3.45. The normalized spacial score (nSPS) is 11.0. The highest BCUT2D eigenvalue weighted by atomic mass is 19.4. The summed E-state index contributed by atoms with van der Waals surface area (Å²) in [6, 6.07) is 5.92. The zero-order valence-electron chi connectivity index (χ0n) is 13.4. The van der Waals surface area contributed by atoms with Gasteiger partial charge in [0.1, 0.15) is 5.82 Å². The minimum Gasteiger partial charge on any atom is -0.468 e. The number of anilines is 2. The molecule has 2 rings (SSSR count). The second-order valence-corrected chi connectivity index (χ2v) is 5.12. The number of aromatic nitrogens is 1. The average Bonchev–Trinajstić information content (AvgIpc) is 2.55. The van der Waals surface area contributed by atoms with Crippen molar-refractivity contribution in [2.45, 2.75) is 13.1 Å². The maximum Gasteiger partial charge on any atom is 0.422 e. The summed E-state index contributed by atoms with van der Waals surface area (Å²) in [4.78, 5) is 26.7. The number of ether oxygens (including phenoxy) is 1. The third kappa shape index (κ3) is 5.72. The van der Waals surface area contributed by atoms with E-state index in [1.807, 2.05) is 0 Å². The third-order valence-corrected chi connectivity index (χ3v) is 2.92. The van der Waals surface area contributed by atoms with Crippen molar-refractivity contribution in [2.24, 2.45) is 0 Å². The molecule has 1 aromatic carbocycles. The number of halogens is 4. The van der Waals surface area contributed by atoms with Gasteiger partial charge in [-0.15, -0.1) is 0 Å². The van der Waals surface area contributed by atoms with E-state index in [1.165, 1.54) is 25.1 Å². The van der Waals surface area contributed by atoms with Gasteiger partial charge >= 0.3 is 6.18 Å². The fraction of sp³-hybridized carbons (Fsp3) is 0.188. The first-order chi connectivity index (χ1) is 12.1. The molecule has 2 amide bonds. The molecule has 138 valence electrons. The van der Waals surface area contributed by atoms with Gasteiger partial charge in [0.05, 0.1) is 11.3 Å². The number of carbonyl (C=O) groups excluding carboxylic acids is 2. The number of pyridine rings is 1. The Labute approximate surface area is 145 Å². The van der Waals surface area contributed by atoms with Crippen molar-refractivity contribution in [3.8, 4) is 5.88 Å². The van der Waals surface area contributed by atoms with E-state index in [9.17, 15) is 27.2 Å². The number of benzene rings is 1. The van der Waals surface area contributed by atoms with Crippen LogP contribution in [0.4, 0.5) is 28.9 Å². The Morgan fingerprint density at radius 2 is 1.88 bits per heavy atom. The summed E-state index contributed by atoms with van der Waals surface area (Å²) in [7, 11) is 0. The molecule has 0 aliphatic carbocycles. The van der Waals surface area contributed by atoms with Gasteiger partial charge in [0.2, 0.25) is 11.8 Å². The van der Waals surface area contributed by atoms with E-state index in [2.05, 4.69) is 20.4 Å². The highest BCUT2D eigenvalue weighted by molar-refractivity contribution is 6.04. The molecule has 26 heavy (non-hydrogen) atoms. The Morgan fingerprint density at radius 1 is 1.15 bits per heavy atom. The Kier molecular flexibility index (Phi) is 5.75. The zero-order chi connectivity index (χ0) is 19.3. The van der Waals surface area contributed by atoms with E-state index in [0.29, 0.717) is 0 Å². The van der Waals surface area contributed by atoms with Crippen LogP contribution in [0.2, 0.25) is 0 Å². The number of hydrogen-bond donors (Lipinski definition) is 2. The van der Waals surface area contributed by atoms with Gasteiger partial charge in [-0.25, -0.2) is 9.37 Å². The maximum absolute atomic E-state index is 13.6. The van der Waals surface area contributed by atoms with Gasteiger partial charge in [0.25, 0.3) is 5.91 Å². The first-order valence-corrected chi connectivity index (χ1v) is 7.18. The van der Waals surface area contributed by atoms with Gasteiger partial charge in [-0.3, -0.25) is 9.59 Å². The quantitative estimate of drug-likeness (QED) is 0.790. The minimum absolute atomic E-state index is 0.0507. The van der Waals surface area contributed by atoms with Crippen LogP contribution in [-0.4, -0.2) is 29.6 Å². The van der Waals surface area contributed by atoms with Gasteiger partial charge in [-0.2, -0.15) is 13.2 Å². The lowest BCUT2D eigenvalue weighted by Crippen LogP contribution is -2.19. The molecule has 0 atom stereocenters. The molecule has 0 aliphatic heterocycles. The van der Waals surface area contributed by atoms with Crippen molar-refractivity contribution < 1.29 is 31.9 Å². The second-order valence-electron chi connectivity index (χ2n) is 5.12. The molecule has 0 unspecified atom stereocenters. The van der Waals surface area contributed by atoms with Crippen molar-refractivity contribution in [3.05, 3.63) is 47.9 Å². The smallest absolute Gasteiger partial charge is 0.422 e. The standard InChI is InChI=1S/C16H13F4N3O3/c1-9(24)22-13-6-11(3-4-12(13)17)23-15(25)10-2-5-14(21-7-10)26-8-16(18,19)20/h2-7H,8H2,1H3,(H,22,24)(H,23,25). The topological polar surface area (TPSA) is 80.3 Å². The zero-order valence-corrected chi connectivity index (χ0v) is 13.4. The van der Waals surface area contributed by atoms with E-state index in [0.717, 1.165) is 18.3 Å². The first-order valence-electron chi connectivity index (χ1n) is 7.18. The molecular weight excluding hydrogens is 358 g/mol. The molecule has 2 aromatic rings. The van der Waals surface area contributed by atoms with E-state index in [4.69, 9.17) is 0 Å². The van der Waals surface area contributed by atoms with Crippen LogP contribution in [0, 0.1) is 5.82 Å². The predicted molar refractivity (Wildman–Crippen MR) is 84.4 cm³/mol. The monoisotopic (exact) mass is 371 g/mol. The van der Waals surface area contributed by atoms with E-state index in [1.54, 1.807) is 0 Å². The van der Waals surface area contributed by atoms with Gasteiger partial charge in [-0.05, 0) is 24.3 Å². The first kappa shape index (κ1) is 19.2. The minimum atomic E-state index is -4.49. The summed E-state index contributed by atoms with van der Waals surface area (Å²) < 4.78 is 54.2. The lowest BCUT2D eigenvalue weighted by atomic mass is 10.2. The number of nitrogens with one attached hydrogen (secondary N) is 2. The van der Waals surface area contributed by atoms with Crippen molar-refractivity contribution in [3.63, 3.8) is 0 Å². The number of amides is 2. The van der Waals surface area contributed by atoms with Gasteiger partial charge in [-0.1, -0.05) is 0 Å². The van der Waals surface area contributed by atoms with E-state index in [-0.39, 0.29) is 22.8 Å². The molecule has 0 aliphatic rings. The highest BCUT2D eigenvalue weighted by Gasteiger charge is 2.28. The molecule has 1 heterocycles. The summed E-state index contributed by atoms with van der Waals surface area (Å²) in [5.74, 6) is -2.06. The fourth-order valence-electron chi connectivity index (χ4n) is 1.85. The molecule has 0 spiro atoms. The number of carbonyl (C=O) groups is 2. The van der Waals surface area contributed by atoms with Crippen molar-refractivity contribution >= 4 is 23.2 Å². The predicted octanol–water partition coefficient (Wildman–Crippen LogP) is 3.37.